The van der Waals surface area contributed by atoms with Gasteiger partial charge in [0.15, 0.2) is 0 Å². The fourth-order valence-electron chi connectivity index (χ4n) is 4.51. The van der Waals surface area contributed by atoms with Crippen LogP contribution in [-0.2, 0) is 11.2 Å². The van der Waals surface area contributed by atoms with E-state index in [-0.39, 0.29) is 5.60 Å². The Morgan fingerprint density at radius 2 is 1.59 bits per heavy atom. The smallest absolute Gasteiger partial charge is 0.222 e. The van der Waals surface area contributed by atoms with Crippen LogP contribution < -0.4 is 9.47 Å². The van der Waals surface area contributed by atoms with Gasteiger partial charge in [-0.2, -0.15) is 0 Å². The van der Waals surface area contributed by atoms with Gasteiger partial charge in [0.1, 0.15) is 17.1 Å². The van der Waals surface area contributed by atoms with Crippen LogP contribution in [0.4, 0.5) is 0 Å². The molecule has 1 aliphatic rings. The zero-order valence-electron chi connectivity index (χ0n) is 21.9. The first-order valence-electron chi connectivity index (χ1n) is 12.9. The van der Waals surface area contributed by atoms with E-state index in [1.165, 1.54) is 22.3 Å². The Balaban J connectivity index is 1.83. The molecule has 1 heterocycles. The first-order valence-corrected chi connectivity index (χ1v) is 12.9. The fraction of sp³-hybridized carbons (Fsp3) is 0.750. The molecule has 2 rings (SSSR count). The van der Waals surface area contributed by atoms with E-state index in [0.717, 1.165) is 82.4 Å². The maximum Gasteiger partial charge on any atom is 0.222 e. The molecular weight excluding hydrogens is 398 g/mol. The molecule has 1 aliphatic heterocycles. The molecule has 182 valence electrons. The maximum atomic E-state index is 12.6. The van der Waals surface area contributed by atoms with Crippen molar-refractivity contribution >= 4 is 5.91 Å². The standard InChI is InChI=1S/C28H47NO3/c1-8-10-18-29(19-11-9-2)25(30)15-13-12-14-20-31-26-21(3)22(4)27-24(23(26)5)16-17-28(6,7)32-27/h8-20H2,1-7H3. The van der Waals surface area contributed by atoms with Crippen molar-refractivity contribution in [3.05, 3.63) is 22.3 Å². The van der Waals surface area contributed by atoms with Crippen molar-refractivity contribution in [2.45, 2.75) is 118 Å². The molecule has 0 fully saturated rings. The summed E-state index contributed by atoms with van der Waals surface area (Å²) in [6.45, 7) is 17.7. The predicted molar refractivity (Wildman–Crippen MR) is 134 cm³/mol. The van der Waals surface area contributed by atoms with Crippen molar-refractivity contribution in [1.82, 2.24) is 4.90 Å². The third-order valence-corrected chi connectivity index (χ3v) is 6.86. The first-order chi connectivity index (χ1) is 15.2. The van der Waals surface area contributed by atoms with E-state index < -0.39 is 0 Å². The second kappa shape index (κ2) is 12.5. The highest BCUT2D eigenvalue weighted by Crippen LogP contribution is 2.43. The summed E-state index contributed by atoms with van der Waals surface area (Å²) in [4.78, 5) is 14.7. The molecule has 0 spiro atoms. The third-order valence-electron chi connectivity index (χ3n) is 6.86. The molecule has 0 atom stereocenters. The van der Waals surface area contributed by atoms with Crippen LogP contribution in [0, 0.1) is 20.8 Å². The van der Waals surface area contributed by atoms with E-state index in [1.807, 2.05) is 0 Å². The van der Waals surface area contributed by atoms with E-state index in [9.17, 15) is 4.79 Å². The minimum atomic E-state index is -0.0981. The van der Waals surface area contributed by atoms with Gasteiger partial charge in [0, 0.05) is 25.1 Å². The molecule has 0 radical (unpaired) electrons. The SMILES string of the molecule is CCCCN(CCCC)C(=O)CCCCCOc1c(C)c(C)c2c(c1C)CCC(C)(C)O2. The third kappa shape index (κ3) is 7.15. The monoisotopic (exact) mass is 445 g/mol. The lowest BCUT2D eigenvalue weighted by Gasteiger charge is -2.35. The van der Waals surface area contributed by atoms with E-state index in [4.69, 9.17) is 9.47 Å². The van der Waals surface area contributed by atoms with Crippen molar-refractivity contribution in [3.8, 4) is 11.5 Å². The second-order valence-corrected chi connectivity index (χ2v) is 10.1. The molecule has 0 unspecified atom stereocenters. The number of carbonyl (C=O) groups is 1. The van der Waals surface area contributed by atoms with Crippen LogP contribution in [0.2, 0.25) is 0 Å². The Kier molecular flexibility index (Phi) is 10.4. The summed E-state index contributed by atoms with van der Waals surface area (Å²) in [7, 11) is 0. The Bertz CT molecular complexity index is 746. The summed E-state index contributed by atoms with van der Waals surface area (Å²) in [5.74, 6) is 2.43. The summed E-state index contributed by atoms with van der Waals surface area (Å²) >= 11 is 0. The van der Waals surface area contributed by atoms with Crippen LogP contribution >= 0.6 is 0 Å². The highest BCUT2D eigenvalue weighted by Gasteiger charge is 2.31. The Labute approximate surface area is 197 Å². The second-order valence-electron chi connectivity index (χ2n) is 10.1. The number of amides is 1. The number of benzene rings is 1. The van der Waals surface area contributed by atoms with Crippen LogP contribution in [-0.4, -0.2) is 36.1 Å². The average molecular weight is 446 g/mol. The largest absolute Gasteiger partial charge is 0.493 e. The fourth-order valence-corrected chi connectivity index (χ4v) is 4.51. The highest BCUT2D eigenvalue weighted by atomic mass is 16.5. The molecule has 1 amide bonds. The highest BCUT2D eigenvalue weighted by molar-refractivity contribution is 5.76. The van der Waals surface area contributed by atoms with Crippen LogP contribution in [0.5, 0.6) is 11.5 Å². The van der Waals surface area contributed by atoms with Gasteiger partial charge in [0.25, 0.3) is 0 Å². The Morgan fingerprint density at radius 1 is 0.938 bits per heavy atom. The quantitative estimate of drug-likeness (QED) is 0.304. The van der Waals surface area contributed by atoms with Crippen LogP contribution in [0.3, 0.4) is 0 Å². The molecule has 0 saturated heterocycles. The molecule has 4 nitrogen and oxygen atoms in total. The van der Waals surface area contributed by atoms with Crippen LogP contribution in [0.25, 0.3) is 0 Å². The van der Waals surface area contributed by atoms with Gasteiger partial charge in [-0.1, -0.05) is 26.7 Å². The van der Waals surface area contributed by atoms with E-state index in [0.29, 0.717) is 18.9 Å². The van der Waals surface area contributed by atoms with Crippen molar-refractivity contribution in [2.75, 3.05) is 19.7 Å². The topological polar surface area (TPSA) is 38.8 Å². The maximum absolute atomic E-state index is 12.6. The zero-order valence-corrected chi connectivity index (χ0v) is 21.9. The molecule has 0 saturated carbocycles. The number of carbonyl (C=O) groups excluding carboxylic acids is 1. The minimum absolute atomic E-state index is 0.0981. The number of hydrogen-bond donors (Lipinski definition) is 0. The van der Waals surface area contributed by atoms with Crippen molar-refractivity contribution < 1.29 is 14.3 Å². The molecular formula is C28H47NO3. The minimum Gasteiger partial charge on any atom is -0.493 e. The molecule has 0 N–H and O–H groups in total. The summed E-state index contributed by atoms with van der Waals surface area (Å²) < 4.78 is 12.6. The molecule has 0 aliphatic carbocycles. The first kappa shape index (κ1) is 26.5. The lowest BCUT2D eigenvalue weighted by molar-refractivity contribution is -0.131. The number of ether oxygens (including phenoxy) is 2. The predicted octanol–water partition coefficient (Wildman–Crippen LogP) is 7.08. The van der Waals surface area contributed by atoms with Gasteiger partial charge in [-0.05, 0) is 96.3 Å². The lowest BCUT2D eigenvalue weighted by Crippen LogP contribution is -2.33. The summed E-state index contributed by atoms with van der Waals surface area (Å²) in [5, 5.41) is 0. The lowest BCUT2D eigenvalue weighted by atomic mass is 9.88. The van der Waals surface area contributed by atoms with Gasteiger partial charge >= 0.3 is 0 Å². The van der Waals surface area contributed by atoms with Gasteiger partial charge in [-0.3, -0.25) is 4.79 Å². The Morgan fingerprint density at radius 3 is 2.22 bits per heavy atom. The summed E-state index contributed by atoms with van der Waals surface area (Å²) in [6.07, 6.45) is 10.2. The zero-order chi connectivity index (χ0) is 23.7. The molecule has 4 heteroatoms. The average Bonchev–Trinajstić information content (AvgIpc) is 2.75. The molecule has 1 aromatic carbocycles. The number of unbranched alkanes of at least 4 members (excludes halogenated alkanes) is 4. The van der Waals surface area contributed by atoms with Crippen molar-refractivity contribution in [2.24, 2.45) is 0 Å². The van der Waals surface area contributed by atoms with Gasteiger partial charge in [0.2, 0.25) is 5.91 Å². The van der Waals surface area contributed by atoms with Gasteiger partial charge in [-0.15, -0.1) is 0 Å². The molecule has 32 heavy (non-hydrogen) atoms. The van der Waals surface area contributed by atoms with Crippen LogP contribution in [0.15, 0.2) is 0 Å². The van der Waals surface area contributed by atoms with Crippen molar-refractivity contribution in [3.63, 3.8) is 0 Å². The van der Waals surface area contributed by atoms with Gasteiger partial charge < -0.3 is 14.4 Å². The number of hydrogen-bond acceptors (Lipinski definition) is 3. The number of fused-ring (bicyclic) bond motifs is 1. The van der Waals surface area contributed by atoms with Crippen LogP contribution in [0.1, 0.15) is 108 Å². The Hall–Kier alpha value is -1.71. The number of nitrogens with zero attached hydrogens (tertiary/aromatic N) is 1. The molecule has 1 aromatic rings. The van der Waals surface area contributed by atoms with Gasteiger partial charge in [-0.25, -0.2) is 0 Å². The molecule has 0 aromatic heterocycles. The summed E-state index contributed by atoms with van der Waals surface area (Å²) in [6, 6.07) is 0. The normalized spacial score (nSPS) is 14.6. The summed E-state index contributed by atoms with van der Waals surface area (Å²) in [5.41, 5.74) is 4.84. The van der Waals surface area contributed by atoms with E-state index in [2.05, 4.69) is 53.4 Å². The van der Waals surface area contributed by atoms with Crippen molar-refractivity contribution in [1.29, 1.82) is 0 Å². The number of rotatable bonds is 13. The van der Waals surface area contributed by atoms with E-state index in [1.54, 1.807) is 0 Å². The van der Waals surface area contributed by atoms with E-state index >= 15 is 0 Å². The molecule has 0 bridgehead atoms. The van der Waals surface area contributed by atoms with Gasteiger partial charge in [0.05, 0.1) is 6.61 Å².